The molecule has 2 N–H and O–H groups in total. The van der Waals surface area contributed by atoms with Crippen LogP contribution in [0, 0.1) is 0 Å². The first-order chi connectivity index (χ1) is 4.47. The monoisotopic (exact) mass is 135 g/mol. The molecule has 0 unspecified atom stereocenters. The molecule has 0 aliphatic rings. The maximum atomic E-state index is 2.08. The molecule has 0 saturated carbocycles. The van der Waals surface area contributed by atoms with Crippen LogP contribution in [0.2, 0.25) is 0 Å². The smallest absolute Gasteiger partial charge is 0.0449 e. The second kappa shape index (κ2) is 2.54. The van der Waals surface area contributed by atoms with E-state index in [0.29, 0.717) is 0 Å². The minimum absolute atomic E-state index is 0. The molecule has 2 rings (SSSR count). The Kier molecular flexibility index (Phi) is 1.73. The van der Waals surface area contributed by atoms with Crippen LogP contribution in [-0.4, -0.2) is 9.88 Å². The quantitative estimate of drug-likeness (QED) is 0.519. The van der Waals surface area contributed by atoms with Crippen molar-refractivity contribution < 1.29 is 5.48 Å². The van der Waals surface area contributed by atoms with Gasteiger partial charge < -0.3 is 9.88 Å². The average Bonchev–Trinajstić information content (AvgIpc) is 2.33. The summed E-state index contributed by atoms with van der Waals surface area (Å²) in [5, 5.41) is 0. The van der Waals surface area contributed by atoms with Crippen LogP contribution < -0.4 is 0 Å². The third kappa shape index (κ3) is 0.890. The van der Waals surface area contributed by atoms with E-state index in [2.05, 4.69) is 16.5 Å². The minimum atomic E-state index is 0. The Balaban J connectivity index is 0.000000500. The molecule has 10 heavy (non-hydrogen) atoms. The van der Waals surface area contributed by atoms with E-state index >= 15 is 0 Å². The molecule has 0 aromatic carbocycles. The van der Waals surface area contributed by atoms with Crippen LogP contribution in [0.15, 0.2) is 42.7 Å². The molecule has 0 atom stereocenters. The van der Waals surface area contributed by atoms with E-state index in [0.717, 1.165) is 0 Å². The van der Waals surface area contributed by atoms with Crippen molar-refractivity contribution in [3.8, 4) is 0 Å². The fraction of sp³-hybridized carbons (Fsp3) is 0. The standard InChI is InChI=1S/C8H7N.H2O/c1-2-6-9-7-3-5-8(9)4-1;/h1-7H;1H2. The van der Waals surface area contributed by atoms with E-state index in [1.165, 1.54) is 5.52 Å². The highest BCUT2D eigenvalue weighted by molar-refractivity contribution is 5.46. The third-order valence-electron chi connectivity index (χ3n) is 1.44. The lowest BCUT2D eigenvalue weighted by atomic mass is 10.4. The van der Waals surface area contributed by atoms with Crippen molar-refractivity contribution in [2.75, 3.05) is 0 Å². The molecule has 0 amide bonds. The molecule has 0 aliphatic carbocycles. The van der Waals surface area contributed by atoms with Gasteiger partial charge >= 0.3 is 0 Å². The molecule has 2 aromatic heterocycles. The highest BCUT2D eigenvalue weighted by atomic mass is 16.0. The molecule has 0 saturated heterocycles. The second-order valence-electron chi connectivity index (χ2n) is 2.04. The molecule has 0 bridgehead atoms. The van der Waals surface area contributed by atoms with Crippen LogP contribution in [0.25, 0.3) is 5.52 Å². The first-order valence-corrected chi connectivity index (χ1v) is 2.98. The largest absolute Gasteiger partial charge is 0.412 e. The predicted molar refractivity (Wildman–Crippen MR) is 41.0 cm³/mol. The summed E-state index contributed by atoms with van der Waals surface area (Å²) >= 11 is 0. The number of pyridine rings is 1. The third-order valence-corrected chi connectivity index (χ3v) is 1.44. The fourth-order valence-corrected chi connectivity index (χ4v) is 0.980. The van der Waals surface area contributed by atoms with Gasteiger partial charge in [-0.25, -0.2) is 0 Å². The van der Waals surface area contributed by atoms with Crippen LogP contribution in [0.5, 0.6) is 0 Å². The summed E-state index contributed by atoms with van der Waals surface area (Å²) in [4.78, 5) is 0. The van der Waals surface area contributed by atoms with Gasteiger partial charge in [0.2, 0.25) is 0 Å². The Morgan fingerprint density at radius 1 is 0.900 bits per heavy atom. The SMILES string of the molecule is O.c1ccn2cccc2c1. The lowest BCUT2D eigenvalue weighted by Gasteiger charge is -1.88. The number of nitrogens with zero attached hydrogens (tertiary/aromatic N) is 1. The van der Waals surface area contributed by atoms with Gasteiger partial charge in [0.25, 0.3) is 0 Å². The van der Waals surface area contributed by atoms with Gasteiger partial charge in [-0.2, -0.15) is 0 Å². The first-order valence-electron chi connectivity index (χ1n) is 2.98. The number of aromatic nitrogens is 1. The molecular weight excluding hydrogens is 126 g/mol. The van der Waals surface area contributed by atoms with Crippen molar-refractivity contribution in [1.29, 1.82) is 0 Å². The lowest BCUT2D eigenvalue weighted by molar-refractivity contribution is 0.824. The molecule has 0 radical (unpaired) electrons. The van der Waals surface area contributed by atoms with Crippen LogP contribution in [0.4, 0.5) is 0 Å². The normalized spacial score (nSPS) is 9.20. The topological polar surface area (TPSA) is 35.9 Å². The highest BCUT2D eigenvalue weighted by Gasteiger charge is 1.83. The Hall–Kier alpha value is -1.28. The van der Waals surface area contributed by atoms with Gasteiger partial charge in [-0.05, 0) is 24.3 Å². The van der Waals surface area contributed by atoms with Crippen molar-refractivity contribution in [2.24, 2.45) is 0 Å². The zero-order valence-corrected chi connectivity index (χ0v) is 5.49. The molecular formula is C8H9NO. The zero-order chi connectivity index (χ0) is 6.10. The summed E-state index contributed by atoms with van der Waals surface area (Å²) in [6.07, 6.45) is 4.07. The Morgan fingerprint density at radius 3 is 2.40 bits per heavy atom. The molecule has 2 nitrogen and oxygen atoms in total. The summed E-state index contributed by atoms with van der Waals surface area (Å²) in [5.74, 6) is 0. The average molecular weight is 135 g/mol. The Morgan fingerprint density at radius 2 is 1.60 bits per heavy atom. The van der Waals surface area contributed by atoms with Gasteiger partial charge in [-0.3, -0.25) is 0 Å². The van der Waals surface area contributed by atoms with Crippen LogP contribution in [0.3, 0.4) is 0 Å². The van der Waals surface area contributed by atoms with Gasteiger partial charge in [0.05, 0.1) is 0 Å². The van der Waals surface area contributed by atoms with Crippen molar-refractivity contribution in [3.63, 3.8) is 0 Å². The maximum Gasteiger partial charge on any atom is 0.0449 e. The predicted octanol–water partition coefficient (Wildman–Crippen LogP) is 1.11. The molecule has 52 valence electrons. The van der Waals surface area contributed by atoms with Crippen molar-refractivity contribution in [1.82, 2.24) is 4.40 Å². The van der Waals surface area contributed by atoms with Crippen LogP contribution in [-0.2, 0) is 0 Å². The summed E-state index contributed by atoms with van der Waals surface area (Å²) in [5.41, 5.74) is 1.25. The summed E-state index contributed by atoms with van der Waals surface area (Å²) < 4.78 is 2.08. The van der Waals surface area contributed by atoms with Crippen LogP contribution >= 0.6 is 0 Å². The molecule has 0 aliphatic heterocycles. The van der Waals surface area contributed by atoms with Crippen LogP contribution in [0.1, 0.15) is 0 Å². The minimum Gasteiger partial charge on any atom is -0.412 e. The van der Waals surface area contributed by atoms with E-state index in [4.69, 9.17) is 0 Å². The Labute approximate surface area is 59.0 Å². The van der Waals surface area contributed by atoms with Gasteiger partial charge in [0, 0.05) is 17.9 Å². The van der Waals surface area contributed by atoms with Gasteiger partial charge in [-0.1, -0.05) is 6.07 Å². The Bertz CT molecular complexity index is 283. The summed E-state index contributed by atoms with van der Waals surface area (Å²) in [6.45, 7) is 0. The zero-order valence-electron chi connectivity index (χ0n) is 5.49. The van der Waals surface area contributed by atoms with E-state index in [1.54, 1.807) is 0 Å². The number of rotatable bonds is 0. The van der Waals surface area contributed by atoms with Gasteiger partial charge in [-0.15, -0.1) is 0 Å². The highest BCUT2D eigenvalue weighted by Crippen LogP contribution is 2.01. The van der Waals surface area contributed by atoms with E-state index in [9.17, 15) is 0 Å². The van der Waals surface area contributed by atoms with Crippen molar-refractivity contribution in [2.45, 2.75) is 0 Å². The molecule has 0 spiro atoms. The van der Waals surface area contributed by atoms with Crippen molar-refractivity contribution >= 4 is 5.52 Å². The van der Waals surface area contributed by atoms with E-state index < -0.39 is 0 Å². The summed E-state index contributed by atoms with van der Waals surface area (Å²) in [7, 11) is 0. The molecule has 2 aromatic rings. The van der Waals surface area contributed by atoms with Crippen molar-refractivity contribution in [3.05, 3.63) is 42.7 Å². The molecule has 2 heterocycles. The fourth-order valence-electron chi connectivity index (χ4n) is 0.980. The molecule has 2 heteroatoms. The van der Waals surface area contributed by atoms with Gasteiger partial charge in [0.15, 0.2) is 0 Å². The van der Waals surface area contributed by atoms with E-state index in [1.807, 2.05) is 30.6 Å². The van der Waals surface area contributed by atoms with E-state index in [-0.39, 0.29) is 5.48 Å². The number of hydrogen-bond donors (Lipinski definition) is 0. The lowest BCUT2D eigenvalue weighted by Crippen LogP contribution is -1.75. The number of fused-ring (bicyclic) bond motifs is 1. The molecule has 0 fully saturated rings. The number of hydrogen-bond acceptors (Lipinski definition) is 0. The summed E-state index contributed by atoms with van der Waals surface area (Å²) in [6, 6.07) is 10.3. The van der Waals surface area contributed by atoms with Gasteiger partial charge in [0.1, 0.15) is 0 Å². The first kappa shape index (κ1) is 6.83. The maximum absolute atomic E-state index is 2.08. The second-order valence-corrected chi connectivity index (χ2v) is 2.04.